The zero-order valence-electron chi connectivity index (χ0n) is 29.1. The Bertz CT molecular complexity index is 2010. The van der Waals surface area contributed by atoms with Crippen LogP contribution in [0.5, 0.6) is 0 Å². The minimum absolute atomic E-state index is 1.05. The summed E-state index contributed by atoms with van der Waals surface area (Å²) >= 11 is -48.2. The van der Waals surface area contributed by atoms with E-state index < -0.39 is 134 Å². The molecule has 0 amide bonds. The first-order valence-electron chi connectivity index (χ1n) is 13.2. The molecule has 0 fully saturated rings. The van der Waals surface area contributed by atoms with Crippen molar-refractivity contribution in [3.8, 4) is 0 Å². The molecule has 0 unspecified atom stereocenters. The van der Waals surface area contributed by atoms with E-state index in [2.05, 4.69) is 91.0 Å². The molecule has 41 heteroatoms. The number of rotatable bonds is 6. The zero-order valence-corrected chi connectivity index (χ0v) is 45.2. The molecule has 0 bridgehead atoms. The predicted octanol–water partition coefficient (Wildman–Crippen LogP) is -17.5. The van der Waals surface area contributed by atoms with Crippen molar-refractivity contribution in [1.82, 2.24) is 0 Å². The van der Waals surface area contributed by atoms with Crippen LogP contribution in [0, 0.1) is 0 Å². The third-order valence-electron chi connectivity index (χ3n) is 3.89. The van der Waals surface area contributed by atoms with Crippen LogP contribution in [0.25, 0.3) is 0 Å². The third kappa shape index (κ3) is 162. The van der Waals surface area contributed by atoms with Crippen molar-refractivity contribution >= 4 is 0 Å². The van der Waals surface area contributed by atoms with Gasteiger partial charge >= 0.3 is 248 Å². The van der Waals surface area contributed by atoms with Gasteiger partial charge in [-0.15, -0.1) is 0 Å². The molecule has 0 aromatic heterocycles. The van der Waals surface area contributed by atoms with Crippen LogP contribution >= 0.6 is 0 Å². The molecule has 0 atom stereocenters. The molecule has 3 aromatic carbocycles. The maximum atomic E-state index is 8.63. The topological polar surface area (TPSA) is 647 Å². The van der Waals surface area contributed by atoms with Crippen molar-refractivity contribution in [2.75, 3.05) is 0 Å². The van der Waals surface area contributed by atoms with Gasteiger partial charge in [0, 0.05) is 16.7 Å². The summed E-state index contributed by atoms with van der Waals surface area (Å²) in [7, 11) is 0. The number of benzene rings is 3. The summed E-state index contributed by atoms with van der Waals surface area (Å²) in [6, 6.07) is 32.3. The largest absolute Gasteiger partial charge is 0.324 e. The minimum Gasteiger partial charge on any atom is -0.324 e. The van der Waals surface area contributed by atoms with E-state index in [1.54, 1.807) is 4.90 Å². The molecule has 62 heavy (non-hydrogen) atoms. The first kappa shape index (κ1) is 72.9. The number of nitrogens with one attached hydrogen (secondary N) is 1. The first-order chi connectivity index (χ1) is 26.9. The van der Waals surface area contributed by atoms with Gasteiger partial charge in [0.1, 0.15) is 19.6 Å². The van der Waals surface area contributed by atoms with Gasteiger partial charge < -0.3 is 4.90 Å². The fourth-order valence-corrected chi connectivity index (χ4v) is 2.84. The molecular formula is C21H22Mo8NO32-15. The normalized spacial score (nSPS) is 11.3. The monoisotopic (exact) mass is 1580 g/mol. The molecule has 1 N–H and O–H groups in total. The number of hydrogen-bond acceptors (Lipinski definition) is 32. The van der Waals surface area contributed by atoms with E-state index in [1.165, 1.54) is 16.7 Å². The Labute approximate surface area is 376 Å². The van der Waals surface area contributed by atoms with Gasteiger partial charge in [0.2, 0.25) is 0 Å². The number of hydrogen-bond donors (Lipinski definition) is 1. The van der Waals surface area contributed by atoms with Crippen molar-refractivity contribution in [2.24, 2.45) is 0 Å². The van der Waals surface area contributed by atoms with Gasteiger partial charge in [-0.3, -0.25) is 0 Å². The number of quaternary nitrogens is 1. The molecule has 0 aliphatic rings. The maximum Gasteiger partial charge on any atom is 0.103 e. The first-order valence-corrected chi connectivity index (χ1v) is 39.4. The van der Waals surface area contributed by atoms with Crippen molar-refractivity contribution in [2.45, 2.75) is 19.6 Å². The average Bonchev–Trinajstić information content (AvgIpc) is 2.92. The second kappa shape index (κ2) is 35.5. The van der Waals surface area contributed by atoms with E-state index in [9.17, 15) is 0 Å². The maximum absolute atomic E-state index is 8.63. The van der Waals surface area contributed by atoms with Crippen LogP contribution in [0.3, 0.4) is 0 Å². The Balaban J connectivity index is -0.000000163. The van der Waals surface area contributed by atoms with E-state index >= 15 is 0 Å². The summed E-state index contributed by atoms with van der Waals surface area (Å²) in [5.41, 5.74) is 4.18. The van der Waals surface area contributed by atoms with Gasteiger partial charge in [-0.25, -0.2) is 0 Å². The van der Waals surface area contributed by atoms with E-state index in [1.807, 2.05) is 0 Å². The summed E-state index contributed by atoms with van der Waals surface area (Å²) in [6.45, 7) is 3.14. The van der Waals surface area contributed by atoms with Gasteiger partial charge in [0.05, 0.1) is 0 Å². The molecular weight excluding hydrogens is 1550 g/mol. The zero-order chi connectivity index (χ0) is 51.0. The van der Waals surface area contributed by atoms with E-state index in [0.29, 0.717) is 0 Å². The van der Waals surface area contributed by atoms with Crippen LogP contribution < -0.4 is 65.1 Å². The third-order valence-corrected chi connectivity index (χ3v) is 3.89. The Morgan fingerprint density at radius 3 is 0.435 bits per heavy atom. The fraction of sp³-hybridized carbons (Fsp3) is 0.143. The average molecular weight is 1570 g/mol. The smallest absolute Gasteiger partial charge is 0.103 e. The fourth-order valence-electron chi connectivity index (χ4n) is 2.84. The van der Waals surface area contributed by atoms with Gasteiger partial charge in [-0.05, 0) is 0 Å². The molecule has 0 radical (unpaired) electrons. The molecule has 0 saturated carbocycles. The molecule has 0 spiro atoms. The second-order valence-electron chi connectivity index (χ2n) is 9.00. The van der Waals surface area contributed by atoms with Crippen LogP contribution in [-0.4, -0.2) is 0 Å². The molecule has 0 saturated heterocycles. The predicted molar refractivity (Wildman–Crippen MR) is 102 cm³/mol. The molecule has 3 rings (SSSR count). The molecule has 0 aliphatic heterocycles. The van der Waals surface area contributed by atoms with Crippen molar-refractivity contribution in [1.29, 1.82) is 0 Å². The summed E-state index contributed by atoms with van der Waals surface area (Å²) in [5.74, 6) is 0. The summed E-state index contributed by atoms with van der Waals surface area (Å²) in [5, 5.41) is 0. The quantitative estimate of drug-likeness (QED) is 0.224. The van der Waals surface area contributed by atoms with E-state index in [0.717, 1.165) is 19.6 Å². The van der Waals surface area contributed by atoms with E-state index in [-0.39, 0.29) is 0 Å². The molecule has 0 heterocycles. The molecule has 3 aromatic rings. The van der Waals surface area contributed by atoms with E-state index in [4.69, 9.17) is 115 Å². The van der Waals surface area contributed by atoms with Crippen molar-refractivity contribution in [3.05, 3.63) is 108 Å². The molecule has 33 nitrogen and oxygen atoms in total. The van der Waals surface area contributed by atoms with Crippen LogP contribution in [-0.2, 0) is 208 Å². The Morgan fingerprint density at radius 2 is 0.339 bits per heavy atom. The minimum atomic E-state index is -6.02. The van der Waals surface area contributed by atoms with Crippen LogP contribution in [0.1, 0.15) is 16.7 Å². The van der Waals surface area contributed by atoms with Gasteiger partial charge in [0.15, 0.2) is 0 Å². The van der Waals surface area contributed by atoms with Crippen molar-refractivity contribution < 1.29 is 253 Å². The Morgan fingerprint density at radius 1 is 0.242 bits per heavy atom. The summed E-state index contributed by atoms with van der Waals surface area (Å²) < 4.78 is 276. The SMILES string of the molecule is [O]=[Mo](=[O])([O-])[O-].[O]=[Mo](=[O])([O-])[O-].[O]=[Mo](=[O])([O-])[O-].[O]=[Mo](=[O])([O-])[O-].[O]=[Mo](=[O])([O-])[O-].[O]=[Mo](=[O])([O-])[O-].[O]=[Mo](=[O])([O-])[O-].[O]=[Mo](=[O])([O-])[O-].c1ccc(C[NH+](Cc2ccccc2)Cc2ccccc2)cc1. The summed E-state index contributed by atoms with van der Waals surface area (Å²) in [4.78, 5) is 1.56. The standard InChI is InChI=1S/C21H21N.8Mo.32O/c1-4-10-19(11-5-1)16-22(17-20-12-6-2-7-13-20)18-21-14-8-3-9-15-21;;;;;;;;;;;;;;;;;;;;;;;;;;;;;;;;;;;;;;;;/h1-15H,16-18H2;;;;;;;;;;;;;;;;;;;;;;;;;;;;;;;;;;;;;;;;/q;;;;;;;;;;;;;;;;;;;;;;;;;16*-1/p+1. The van der Waals surface area contributed by atoms with Crippen LogP contribution in [0.2, 0.25) is 0 Å². The molecule has 366 valence electrons. The van der Waals surface area contributed by atoms with Crippen LogP contribution in [0.4, 0.5) is 0 Å². The Kier molecular flexibility index (Phi) is 41.7. The second-order valence-corrected chi connectivity index (χ2v) is 25.1. The van der Waals surface area contributed by atoms with Gasteiger partial charge in [-0.1, -0.05) is 91.0 Å². The Hall–Kier alpha value is -0.714. The van der Waals surface area contributed by atoms with Crippen molar-refractivity contribution in [3.63, 3.8) is 0 Å². The summed E-state index contributed by atoms with van der Waals surface area (Å²) in [6.07, 6.45) is 0. The van der Waals surface area contributed by atoms with Crippen LogP contribution in [0.15, 0.2) is 91.0 Å². The van der Waals surface area contributed by atoms with Gasteiger partial charge in [0.25, 0.3) is 0 Å². The molecule has 0 aliphatic carbocycles. The van der Waals surface area contributed by atoms with Gasteiger partial charge in [-0.2, -0.15) is 0 Å².